The second-order valence-electron chi connectivity index (χ2n) is 6.72. The van der Waals surface area contributed by atoms with Crippen LogP contribution < -0.4 is 9.62 Å². The number of ether oxygens (including phenoxy) is 1. The van der Waals surface area contributed by atoms with E-state index in [9.17, 15) is 13.2 Å². The Labute approximate surface area is 156 Å². The van der Waals surface area contributed by atoms with E-state index in [1.165, 1.54) is 4.31 Å². The first-order valence-electron chi connectivity index (χ1n) is 8.89. The van der Waals surface area contributed by atoms with Crippen LogP contribution in [0, 0.1) is 13.8 Å². The number of carbonyl (C=O) groups excluding carboxylic acids is 1. The molecule has 1 aliphatic rings. The fourth-order valence-electron chi connectivity index (χ4n) is 3.01. The molecule has 0 saturated carbocycles. The third kappa shape index (κ3) is 6.26. The predicted octanol–water partition coefficient (Wildman–Crippen LogP) is 0.908. The highest BCUT2D eigenvalue weighted by Crippen LogP contribution is 2.23. The van der Waals surface area contributed by atoms with Crippen molar-refractivity contribution < 1.29 is 17.9 Å². The summed E-state index contributed by atoms with van der Waals surface area (Å²) in [6, 6.07) is 5.51. The van der Waals surface area contributed by atoms with Crippen LogP contribution in [0.1, 0.15) is 17.5 Å². The summed E-state index contributed by atoms with van der Waals surface area (Å²) in [5.74, 6) is -0.294. The molecule has 1 aliphatic heterocycles. The maximum absolute atomic E-state index is 12.3. The number of nitrogens with one attached hydrogen (secondary N) is 1. The van der Waals surface area contributed by atoms with Gasteiger partial charge in [-0.05, 0) is 38.4 Å². The van der Waals surface area contributed by atoms with Gasteiger partial charge in [0.2, 0.25) is 15.9 Å². The fourth-order valence-corrected chi connectivity index (χ4v) is 3.92. The largest absolute Gasteiger partial charge is 0.379 e. The third-order valence-electron chi connectivity index (χ3n) is 4.39. The van der Waals surface area contributed by atoms with Crippen molar-refractivity contribution in [2.75, 3.05) is 56.5 Å². The van der Waals surface area contributed by atoms with E-state index < -0.39 is 10.0 Å². The standard InChI is InChI=1S/C18H29N3O4S/c1-15-5-6-17(16(2)13-15)21(26(3,23)24)14-18(22)19-7-4-8-20-9-11-25-12-10-20/h5-6,13H,4,7-12,14H2,1-3H3,(H,19,22). The lowest BCUT2D eigenvalue weighted by atomic mass is 10.1. The lowest BCUT2D eigenvalue weighted by Gasteiger charge is -2.26. The number of aryl methyl sites for hydroxylation is 2. The van der Waals surface area contributed by atoms with Gasteiger partial charge in [0, 0.05) is 19.6 Å². The number of hydrogen-bond donors (Lipinski definition) is 1. The van der Waals surface area contributed by atoms with Gasteiger partial charge in [-0.1, -0.05) is 17.7 Å². The monoisotopic (exact) mass is 383 g/mol. The molecule has 0 aromatic heterocycles. The van der Waals surface area contributed by atoms with Gasteiger partial charge >= 0.3 is 0 Å². The van der Waals surface area contributed by atoms with E-state index in [1.54, 1.807) is 6.07 Å². The van der Waals surface area contributed by atoms with Crippen LogP contribution in [-0.2, 0) is 19.6 Å². The molecule has 0 unspecified atom stereocenters. The van der Waals surface area contributed by atoms with Crippen molar-refractivity contribution >= 4 is 21.6 Å². The van der Waals surface area contributed by atoms with E-state index in [0.29, 0.717) is 12.2 Å². The number of rotatable bonds is 8. The van der Waals surface area contributed by atoms with Crippen molar-refractivity contribution in [3.8, 4) is 0 Å². The first-order chi connectivity index (χ1) is 12.3. The van der Waals surface area contributed by atoms with E-state index in [0.717, 1.165) is 56.7 Å². The zero-order chi connectivity index (χ0) is 19.2. The molecule has 0 aliphatic carbocycles. The molecule has 0 atom stereocenters. The van der Waals surface area contributed by atoms with Crippen molar-refractivity contribution in [1.29, 1.82) is 0 Å². The summed E-state index contributed by atoms with van der Waals surface area (Å²) in [7, 11) is -3.55. The van der Waals surface area contributed by atoms with Crippen molar-refractivity contribution in [2.24, 2.45) is 0 Å². The molecular formula is C18H29N3O4S. The van der Waals surface area contributed by atoms with Crippen LogP contribution in [0.25, 0.3) is 0 Å². The molecule has 1 aromatic carbocycles. The molecule has 146 valence electrons. The number of amides is 1. The Morgan fingerprint density at radius 3 is 2.58 bits per heavy atom. The number of sulfonamides is 1. The van der Waals surface area contributed by atoms with Crippen LogP contribution in [0.2, 0.25) is 0 Å². The molecule has 2 rings (SSSR count). The van der Waals surface area contributed by atoms with E-state index in [1.807, 2.05) is 26.0 Å². The Hall–Kier alpha value is -1.64. The van der Waals surface area contributed by atoms with Crippen LogP contribution in [-0.4, -0.2) is 71.4 Å². The van der Waals surface area contributed by atoms with Crippen molar-refractivity contribution in [2.45, 2.75) is 20.3 Å². The summed E-state index contributed by atoms with van der Waals surface area (Å²) in [5.41, 5.74) is 2.42. The minimum atomic E-state index is -3.55. The SMILES string of the molecule is Cc1ccc(N(CC(=O)NCCCN2CCOCC2)S(C)(=O)=O)c(C)c1. The Kier molecular flexibility index (Phi) is 7.43. The van der Waals surface area contributed by atoms with Crippen LogP contribution in [0.4, 0.5) is 5.69 Å². The Morgan fingerprint density at radius 1 is 1.27 bits per heavy atom. The molecule has 8 heteroatoms. The number of benzene rings is 1. The molecular weight excluding hydrogens is 354 g/mol. The van der Waals surface area contributed by atoms with Gasteiger partial charge in [-0.3, -0.25) is 14.0 Å². The molecule has 1 N–H and O–H groups in total. The summed E-state index contributed by atoms with van der Waals surface area (Å²) < 4.78 is 30.8. The van der Waals surface area contributed by atoms with Gasteiger partial charge in [0.05, 0.1) is 25.2 Å². The van der Waals surface area contributed by atoms with Crippen LogP contribution in [0.15, 0.2) is 18.2 Å². The molecule has 1 fully saturated rings. The van der Waals surface area contributed by atoms with Gasteiger partial charge in [-0.2, -0.15) is 0 Å². The summed E-state index contributed by atoms with van der Waals surface area (Å²) in [6.07, 6.45) is 1.95. The number of anilines is 1. The molecule has 1 amide bonds. The smallest absolute Gasteiger partial charge is 0.240 e. The number of carbonyl (C=O) groups is 1. The quantitative estimate of drug-likeness (QED) is 0.675. The minimum Gasteiger partial charge on any atom is -0.379 e. The van der Waals surface area contributed by atoms with Gasteiger partial charge in [0.15, 0.2) is 0 Å². The van der Waals surface area contributed by atoms with Crippen LogP contribution in [0.5, 0.6) is 0 Å². The van der Waals surface area contributed by atoms with Gasteiger partial charge in [0.1, 0.15) is 6.54 Å². The summed E-state index contributed by atoms with van der Waals surface area (Å²) in [5, 5.41) is 2.82. The van der Waals surface area contributed by atoms with Gasteiger partial charge in [0.25, 0.3) is 0 Å². The summed E-state index contributed by atoms with van der Waals surface area (Å²) in [4.78, 5) is 14.6. The molecule has 0 bridgehead atoms. The highest BCUT2D eigenvalue weighted by Gasteiger charge is 2.22. The molecule has 0 radical (unpaired) electrons. The van der Waals surface area contributed by atoms with Crippen LogP contribution >= 0.6 is 0 Å². The van der Waals surface area contributed by atoms with E-state index >= 15 is 0 Å². The normalized spacial score (nSPS) is 15.7. The first kappa shape index (κ1) is 20.7. The third-order valence-corrected chi connectivity index (χ3v) is 5.51. The van der Waals surface area contributed by atoms with Gasteiger partial charge in [-0.25, -0.2) is 8.42 Å². The molecule has 26 heavy (non-hydrogen) atoms. The number of hydrogen-bond acceptors (Lipinski definition) is 5. The van der Waals surface area contributed by atoms with E-state index in [-0.39, 0.29) is 12.5 Å². The molecule has 1 heterocycles. The van der Waals surface area contributed by atoms with E-state index in [4.69, 9.17) is 4.74 Å². The maximum Gasteiger partial charge on any atom is 0.240 e. The number of nitrogens with zero attached hydrogens (tertiary/aromatic N) is 2. The topological polar surface area (TPSA) is 79.0 Å². The number of morpholine rings is 1. The van der Waals surface area contributed by atoms with Crippen molar-refractivity contribution in [1.82, 2.24) is 10.2 Å². The molecule has 7 nitrogen and oxygen atoms in total. The zero-order valence-electron chi connectivity index (χ0n) is 15.8. The van der Waals surface area contributed by atoms with Gasteiger partial charge in [-0.15, -0.1) is 0 Å². The highest BCUT2D eigenvalue weighted by atomic mass is 32.2. The molecule has 1 aromatic rings. The first-order valence-corrected chi connectivity index (χ1v) is 10.7. The average Bonchev–Trinajstić information content (AvgIpc) is 2.57. The van der Waals surface area contributed by atoms with Crippen molar-refractivity contribution in [3.63, 3.8) is 0 Å². The maximum atomic E-state index is 12.3. The summed E-state index contributed by atoms with van der Waals surface area (Å²) >= 11 is 0. The molecule has 0 spiro atoms. The predicted molar refractivity (Wildman–Crippen MR) is 103 cm³/mol. The fraction of sp³-hybridized carbons (Fsp3) is 0.611. The zero-order valence-corrected chi connectivity index (χ0v) is 16.6. The van der Waals surface area contributed by atoms with Crippen LogP contribution in [0.3, 0.4) is 0 Å². The summed E-state index contributed by atoms with van der Waals surface area (Å²) in [6.45, 7) is 8.36. The lowest BCUT2D eigenvalue weighted by molar-refractivity contribution is -0.119. The highest BCUT2D eigenvalue weighted by molar-refractivity contribution is 7.92. The van der Waals surface area contributed by atoms with Crippen molar-refractivity contribution in [3.05, 3.63) is 29.3 Å². The molecule has 1 saturated heterocycles. The Morgan fingerprint density at radius 2 is 1.96 bits per heavy atom. The van der Waals surface area contributed by atoms with E-state index in [2.05, 4.69) is 10.2 Å². The Balaban J connectivity index is 1.88. The minimum absolute atomic E-state index is 0.208. The van der Waals surface area contributed by atoms with Gasteiger partial charge < -0.3 is 10.1 Å². The lowest BCUT2D eigenvalue weighted by Crippen LogP contribution is -2.42. The average molecular weight is 384 g/mol. The second kappa shape index (κ2) is 9.34. The second-order valence-corrected chi connectivity index (χ2v) is 8.62. The Bertz CT molecular complexity index is 715.